The second kappa shape index (κ2) is 7.09. The molecule has 0 aromatic heterocycles. The van der Waals surface area contributed by atoms with Crippen LogP contribution in [0.3, 0.4) is 0 Å². The van der Waals surface area contributed by atoms with Gasteiger partial charge in [-0.3, -0.25) is 14.5 Å². The third-order valence-electron chi connectivity index (χ3n) is 4.47. The lowest BCUT2D eigenvalue weighted by atomic mass is 9.69. The minimum atomic E-state index is -0.737. The van der Waals surface area contributed by atoms with E-state index in [1.54, 1.807) is 7.11 Å². The first-order valence-corrected chi connectivity index (χ1v) is 7.89. The van der Waals surface area contributed by atoms with Crippen LogP contribution >= 0.6 is 0 Å². The Kier molecular flexibility index (Phi) is 5.39. The summed E-state index contributed by atoms with van der Waals surface area (Å²) < 4.78 is 5.22. The first kappa shape index (κ1) is 16.7. The number of nitrogens with zero attached hydrogens (tertiary/aromatic N) is 1. The van der Waals surface area contributed by atoms with E-state index in [4.69, 9.17) is 4.74 Å². The number of imide groups is 1. The van der Waals surface area contributed by atoms with Crippen LogP contribution in [0.5, 0.6) is 0 Å². The van der Waals surface area contributed by atoms with Crippen LogP contribution in [0, 0.1) is 5.41 Å². The van der Waals surface area contributed by atoms with Gasteiger partial charge in [0.2, 0.25) is 5.91 Å². The second-order valence-corrected chi connectivity index (χ2v) is 6.26. The number of carbonyl (C=O) groups excluding carboxylic acids is 3. The topological polar surface area (TPSA) is 87.7 Å². The van der Waals surface area contributed by atoms with Gasteiger partial charge < -0.3 is 15.4 Å². The highest BCUT2D eigenvalue weighted by molar-refractivity contribution is 6.05. The molecule has 1 heterocycles. The van der Waals surface area contributed by atoms with Gasteiger partial charge in [-0.1, -0.05) is 13.3 Å². The fourth-order valence-electron chi connectivity index (χ4n) is 3.05. The van der Waals surface area contributed by atoms with Gasteiger partial charge >= 0.3 is 6.03 Å². The van der Waals surface area contributed by atoms with Crippen molar-refractivity contribution >= 4 is 17.8 Å². The van der Waals surface area contributed by atoms with E-state index in [0.29, 0.717) is 26.1 Å². The Balaban J connectivity index is 1.80. The highest BCUT2D eigenvalue weighted by Crippen LogP contribution is 2.40. The molecule has 22 heavy (non-hydrogen) atoms. The molecule has 4 amide bonds. The molecule has 0 bridgehead atoms. The van der Waals surface area contributed by atoms with Crippen molar-refractivity contribution in [1.29, 1.82) is 0 Å². The Hall–Kier alpha value is -1.63. The first-order chi connectivity index (χ1) is 10.5. The normalized spacial score (nSPS) is 23.2. The number of carbonyl (C=O) groups is 3. The molecule has 1 saturated heterocycles. The fraction of sp³-hybridized carbons (Fsp3) is 0.800. The van der Waals surface area contributed by atoms with Crippen molar-refractivity contribution in [2.75, 3.05) is 26.8 Å². The predicted octanol–water partition coefficient (Wildman–Crippen LogP) is 0.640. The van der Waals surface area contributed by atoms with Crippen LogP contribution in [0.1, 0.15) is 39.0 Å². The summed E-state index contributed by atoms with van der Waals surface area (Å²) in [5, 5.41) is 5.45. The van der Waals surface area contributed by atoms with Crippen LogP contribution in [0.4, 0.5) is 4.79 Å². The average molecular weight is 311 g/mol. The van der Waals surface area contributed by atoms with Gasteiger partial charge in [-0.15, -0.1) is 0 Å². The van der Waals surface area contributed by atoms with Crippen molar-refractivity contribution in [3.63, 3.8) is 0 Å². The highest BCUT2D eigenvalue weighted by Gasteiger charge is 2.40. The van der Waals surface area contributed by atoms with E-state index in [0.717, 1.165) is 19.3 Å². The van der Waals surface area contributed by atoms with E-state index in [9.17, 15) is 14.4 Å². The predicted molar refractivity (Wildman–Crippen MR) is 80.1 cm³/mol. The molecule has 2 N–H and O–H groups in total. The zero-order valence-corrected chi connectivity index (χ0v) is 13.3. The summed E-state index contributed by atoms with van der Waals surface area (Å²) in [5.74, 6) is -0.517. The maximum Gasteiger partial charge on any atom is 0.324 e. The Morgan fingerprint density at radius 3 is 2.73 bits per heavy atom. The van der Waals surface area contributed by atoms with Crippen molar-refractivity contribution in [2.45, 2.75) is 45.1 Å². The lowest BCUT2D eigenvalue weighted by Crippen LogP contribution is -2.46. The van der Waals surface area contributed by atoms with Gasteiger partial charge in [0.05, 0.1) is 13.0 Å². The average Bonchev–Trinajstić information content (AvgIpc) is 2.70. The molecule has 2 rings (SSSR count). The molecule has 7 heteroatoms. The van der Waals surface area contributed by atoms with E-state index in [1.807, 2.05) is 6.92 Å². The zero-order chi connectivity index (χ0) is 16.2. The Morgan fingerprint density at radius 2 is 2.18 bits per heavy atom. The number of hydrogen-bond acceptors (Lipinski definition) is 4. The summed E-state index contributed by atoms with van der Waals surface area (Å²) in [4.78, 5) is 36.9. The van der Waals surface area contributed by atoms with Gasteiger partial charge in [-0.25, -0.2) is 4.79 Å². The molecule has 0 aromatic carbocycles. The van der Waals surface area contributed by atoms with Gasteiger partial charge in [0.1, 0.15) is 6.04 Å². The largest absolute Gasteiger partial charge is 0.384 e. The zero-order valence-electron chi connectivity index (χ0n) is 13.3. The van der Waals surface area contributed by atoms with Gasteiger partial charge in [0.15, 0.2) is 0 Å². The van der Waals surface area contributed by atoms with Crippen molar-refractivity contribution in [3.8, 4) is 0 Å². The van der Waals surface area contributed by atoms with Crippen LogP contribution in [0.25, 0.3) is 0 Å². The quantitative estimate of drug-likeness (QED) is 0.644. The molecular weight excluding hydrogens is 286 g/mol. The van der Waals surface area contributed by atoms with Crippen molar-refractivity contribution in [2.24, 2.45) is 5.41 Å². The molecule has 1 unspecified atom stereocenters. The third-order valence-corrected chi connectivity index (χ3v) is 4.47. The van der Waals surface area contributed by atoms with Gasteiger partial charge in [-0.05, 0) is 19.3 Å². The molecule has 2 fully saturated rings. The third kappa shape index (κ3) is 3.58. The number of amides is 4. The summed E-state index contributed by atoms with van der Waals surface area (Å²) >= 11 is 0. The number of rotatable bonds is 8. The van der Waals surface area contributed by atoms with E-state index >= 15 is 0 Å². The SMILES string of the molecule is CCCN1C(=O)NC(CC(=O)NCC2(COC)CCC2)C1=O. The molecule has 1 saturated carbocycles. The smallest absolute Gasteiger partial charge is 0.324 e. The van der Waals surface area contributed by atoms with E-state index in [1.165, 1.54) is 4.90 Å². The van der Waals surface area contributed by atoms with Crippen LogP contribution < -0.4 is 10.6 Å². The Morgan fingerprint density at radius 1 is 1.45 bits per heavy atom. The van der Waals surface area contributed by atoms with Crippen LogP contribution in [0.15, 0.2) is 0 Å². The summed E-state index contributed by atoms with van der Waals surface area (Å²) in [6.07, 6.45) is 3.95. The molecule has 2 aliphatic rings. The van der Waals surface area contributed by atoms with Gasteiger partial charge in [0.25, 0.3) is 5.91 Å². The molecule has 1 aliphatic carbocycles. The second-order valence-electron chi connectivity index (χ2n) is 6.26. The number of methoxy groups -OCH3 is 1. The standard InChI is InChI=1S/C15H25N3O4/c1-3-7-18-13(20)11(17-14(18)21)8-12(19)16-9-15(10-22-2)5-4-6-15/h11H,3-10H2,1-2H3,(H,16,19)(H,17,21). The molecule has 1 aliphatic heterocycles. The van der Waals surface area contributed by atoms with Crippen molar-refractivity contribution < 1.29 is 19.1 Å². The minimum absolute atomic E-state index is 0.00610. The monoisotopic (exact) mass is 311 g/mol. The van der Waals surface area contributed by atoms with Crippen LogP contribution in [-0.4, -0.2) is 55.6 Å². The number of nitrogens with one attached hydrogen (secondary N) is 2. The van der Waals surface area contributed by atoms with Gasteiger partial charge in [-0.2, -0.15) is 0 Å². The maximum absolute atomic E-state index is 12.1. The molecule has 0 aromatic rings. The summed E-state index contributed by atoms with van der Waals surface area (Å²) in [6, 6.07) is -1.14. The lowest BCUT2D eigenvalue weighted by Gasteiger charge is -2.41. The highest BCUT2D eigenvalue weighted by atomic mass is 16.5. The molecule has 1 atom stereocenters. The van der Waals surface area contributed by atoms with E-state index < -0.39 is 12.1 Å². The molecule has 124 valence electrons. The molecule has 0 spiro atoms. The maximum atomic E-state index is 12.1. The van der Waals surface area contributed by atoms with E-state index in [-0.39, 0.29) is 23.7 Å². The fourth-order valence-corrected chi connectivity index (χ4v) is 3.05. The minimum Gasteiger partial charge on any atom is -0.384 e. The lowest BCUT2D eigenvalue weighted by molar-refractivity contribution is -0.131. The number of ether oxygens (including phenoxy) is 1. The Labute approximate surface area is 130 Å². The molecular formula is C15H25N3O4. The van der Waals surface area contributed by atoms with E-state index in [2.05, 4.69) is 10.6 Å². The van der Waals surface area contributed by atoms with Gasteiger partial charge in [0, 0.05) is 25.6 Å². The summed E-state index contributed by atoms with van der Waals surface area (Å²) in [6.45, 7) is 3.48. The Bertz CT molecular complexity index is 448. The van der Waals surface area contributed by atoms with Crippen molar-refractivity contribution in [3.05, 3.63) is 0 Å². The summed E-state index contributed by atoms with van der Waals surface area (Å²) in [5.41, 5.74) is 0.0432. The van der Waals surface area contributed by atoms with Crippen molar-refractivity contribution in [1.82, 2.24) is 15.5 Å². The van der Waals surface area contributed by atoms with Crippen LogP contribution in [-0.2, 0) is 14.3 Å². The number of hydrogen-bond donors (Lipinski definition) is 2. The summed E-state index contributed by atoms with van der Waals surface area (Å²) in [7, 11) is 1.66. The number of urea groups is 1. The molecule has 0 radical (unpaired) electrons. The first-order valence-electron chi connectivity index (χ1n) is 7.89. The van der Waals surface area contributed by atoms with Crippen LogP contribution in [0.2, 0.25) is 0 Å². The molecule has 7 nitrogen and oxygen atoms in total.